The van der Waals surface area contributed by atoms with E-state index in [1.807, 2.05) is 19.9 Å². The van der Waals surface area contributed by atoms with Crippen LogP contribution in [0.15, 0.2) is 57.3 Å². The third kappa shape index (κ3) is 5.83. The highest BCUT2D eigenvalue weighted by Gasteiger charge is 2.19. The predicted octanol–water partition coefficient (Wildman–Crippen LogP) is 4.85. The first-order chi connectivity index (χ1) is 14.1. The summed E-state index contributed by atoms with van der Waals surface area (Å²) >= 11 is 0. The molecule has 0 aromatic heterocycles. The van der Waals surface area contributed by atoms with Crippen molar-refractivity contribution in [1.82, 2.24) is 0 Å². The van der Waals surface area contributed by atoms with Crippen LogP contribution in [-0.2, 0) is 21.9 Å². The van der Waals surface area contributed by atoms with Crippen molar-refractivity contribution >= 4 is 42.8 Å². The second-order valence-corrected chi connectivity index (χ2v) is 10.4. The monoisotopic (exact) mass is 446 g/mol. The normalized spacial score (nSPS) is 17.4. The molecule has 0 amide bonds. The van der Waals surface area contributed by atoms with Gasteiger partial charge in [-0.2, -0.15) is 0 Å². The second-order valence-electron chi connectivity index (χ2n) is 7.86. The molecule has 6 nitrogen and oxygen atoms in total. The first-order valence-electron chi connectivity index (χ1n) is 9.94. The third-order valence-electron chi connectivity index (χ3n) is 4.48. The van der Waals surface area contributed by atoms with E-state index in [2.05, 4.69) is 52.7 Å². The zero-order valence-electron chi connectivity index (χ0n) is 17.6. The van der Waals surface area contributed by atoms with Crippen molar-refractivity contribution in [3.05, 3.63) is 53.6 Å². The lowest BCUT2D eigenvalue weighted by Crippen LogP contribution is -2.09. The van der Waals surface area contributed by atoms with Crippen LogP contribution >= 0.6 is 10.7 Å². The van der Waals surface area contributed by atoms with Crippen molar-refractivity contribution in [3.63, 3.8) is 0 Å². The molecule has 0 bridgehead atoms. The lowest BCUT2D eigenvalue weighted by atomic mass is 10.2. The maximum Gasteiger partial charge on any atom is 0.261 e. The fourth-order valence-electron chi connectivity index (χ4n) is 3.33. The van der Waals surface area contributed by atoms with Gasteiger partial charge in [0.15, 0.2) is 0 Å². The highest BCUT2D eigenvalue weighted by molar-refractivity contribution is 8.13. The summed E-state index contributed by atoms with van der Waals surface area (Å²) in [5, 5.41) is 6.47. The number of aliphatic imine (C=N–C) groups is 2. The molecule has 30 heavy (non-hydrogen) atoms. The molecule has 2 N–H and O–H groups in total. The Hall–Kier alpha value is -2.38. The highest BCUT2D eigenvalue weighted by atomic mass is 35.7. The molecule has 2 aromatic rings. The molecule has 0 unspecified atom stereocenters. The predicted molar refractivity (Wildman–Crippen MR) is 126 cm³/mol. The lowest BCUT2D eigenvalue weighted by Gasteiger charge is -2.01. The summed E-state index contributed by atoms with van der Waals surface area (Å²) in [6.07, 6.45) is 1.57. The summed E-state index contributed by atoms with van der Waals surface area (Å²) in [6, 6.07) is 13.7. The minimum Gasteiger partial charge on any atom is -0.344 e. The van der Waals surface area contributed by atoms with Gasteiger partial charge in [-0.25, -0.2) is 8.42 Å². The van der Waals surface area contributed by atoms with Gasteiger partial charge in [-0.3, -0.25) is 9.98 Å². The Morgan fingerprint density at radius 1 is 0.833 bits per heavy atom. The average Bonchev–Trinajstić information content (AvgIpc) is 3.21. The zero-order valence-corrected chi connectivity index (χ0v) is 19.2. The fraction of sp³-hybridized carbons (Fsp3) is 0.364. The summed E-state index contributed by atoms with van der Waals surface area (Å²) in [7, 11) is 1.64. The second kappa shape index (κ2) is 9.18. The van der Waals surface area contributed by atoms with Crippen molar-refractivity contribution in [2.45, 2.75) is 57.5 Å². The number of benzene rings is 2. The summed E-state index contributed by atoms with van der Waals surface area (Å²) in [6.45, 7) is 8.17. The van der Waals surface area contributed by atoms with Crippen LogP contribution in [0.5, 0.6) is 0 Å². The molecule has 0 atom stereocenters. The molecule has 0 fully saturated rings. The van der Waals surface area contributed by atoms with E-state index in [-0.39, 0.29) is 10.9 Å². The van der Waals surface area contributed by atoms with Gasteiger partial charge in [0.05, 0.1) is 4.90 Å². The number of hydrogen-bond donors (Lipinski definition) is 2. The van der Waals surface area contributed by atoms with E-state index >= 15 is 0 Å². The summed E-state index contributed by atoms with van der Waals surface area (Å²) in [4.78, 5) is 9.03. The van der Waals surface area contributed by atoms with Crippen LogP contribution in [0.3, 0.4) is 0 Å². The van der Waals surface area contributed by atoms with Crippen LogP contribution in [0.2, 0.25) is 0 Å². The zero-order chi connectivity index (χ0) is 21.9. The summed E-state index contributed by atoms with van der Waals surface area (Å²) in [5.74, 6) is 1.95. The van der Waals surface area contributed by atoms with Crippen LogP contribution in [0.25, 0.3) is 0 Å². The Bertz CT molecular complexity index is 1070. The number of nitrogens with zero attached hydrogens (tertiary/aromatic N) is 2. The van der Waals surface area contributed by atoms with E-state index < -0.39 is 9.05 Å². The van der Waals surface area contributed by atoms with Crippen molar-refractivity contribution in [2.24, 2.45) is 9.98 Å². The first kappa shape index (κ1) is 22.3. The molecule has 2 heterocycles. The molecular formula is C22H27ClN4O2S. The summed E-state index contributed by atoms with van der Waals surface area (Å²) in [5.41, 5.74) is 4.36. The minimum absolute atomic E-state index is 0.130. The van der Waals surface area contributed by atoms with Crippen molar-refractivity contribution in [3.8, 4) is 0 Å². The van der Waals surface area contributed by atoms with E-state index in [1.54, 1.807) is 12.1 Å². The average molecular weight is 447 g/mol. The van der Waals surface area contributed by atoms with Gasteiger partial charge in [0, 0.05) is 47.0 Å². The van der Waals surface area contributed by atoms with E-state index in [0.717, 1.165) is 29.3 Å². The van der Waals surface area contributed by atoms with Gasteiger partial charge in [0.25, 0.3) is 9.05 Å². The maximum absolute atomic E-state index is 11.2. The molecule has 0 spiro atoms. The van der Waals surface area contributed by atoms with Crippen LogP contribution < -0.4 is 10.6 Å². The Morgan fingerprint density at radius 2 is 1.37 bits per heavy atom. The van der Waals surface area contributed by atoms with Crippen molar-refractivity contribution < 1.29 is 8.42 Å². The van der Waals surface area contributed by atoms with Gasteiger partial charge >= 0.3 is 0 Å². The number of fused-ring (bicyclic) bond motifs is 2. The van der Waals surface area contributed by atoms with E-state index in [9.17, 15) is 8.42 Å². The third-order valence-corrected chi connectivity index (χ3v) is 5.83. The van der Waals surface area contributed by atoms with Crippen LogP contribution in [0, 0.1) is 0 Å². The first-order valence-corrected chi connectivity index (χ1v) is 12.3. The molecule has 0 saturated carbocycles. The topological polar surface area (TPSA) is 82.9 Å². The van der Waals surface area contributed by atoms with Gasteiger partial charge in [0.2, 0.25) is 0 Å². The standard InChI is InChI=1S/C11H13ClN2O2S.C11H14N2/c1-7(2)13-11-6-8-5-9(17(12,15)16)3-4-10(8)14-11;1-8(2)12-11-7-9-5-3-4-6-10(9)13-11/h3-5,7H,6H2,1-2H3,(H,13,14);3-6,8H,7H2,1-2H3,(H,12,13). The Labute approximate surface area is 182 Å². The van der Waals surface area contributed by atoms with Crippen LogP contribution in [0.4, 0.5) is 11.4 Å². The Morgan fingerprint density at radius 3 is 1.90 bits per heavy atom. The molecule has 0 saturated heterocycles. The van der Waals surface area contributed by atoms with Gasteiger partial charge in [-0.15, -0.1) is 0 Å². The molecule has 2 aliphatic heterocycles. The number of amidine groups is 2. The van der Waals surface area contributed by atoms with Gasteiger partial charge < -0.3 is 10.6 Å². The number of nitrogens with one attached hydrogen (secondary N) is 2. The minimum atomic E-state index is -3.66. The molecular weight excluding hydrogens is 420 g/mol. The Kier molecular flexibility index (Phi) is 6.83. The number of hydrogen-bond acceptors (Lipinski definition) is 4. The van der Waals surface area contributed by atoms with Gasteiger partial charge in [0.1, 0.15) is 11.7 Å². The molecule has 0 radical (unpaired) electrons. The molecule has 0 aliphatic carbocycles. The van der Waals surface area contributed by atoms with Crippen LogP contribution in [-0.4, -0.2) is 32.2 Å². The highest BCUT2D eigenvalue weighted by Crippen LogP contribution is 2.28. The lowest BCUT2D eigenvalue weighted by molar-refractivity contribution is 0.609. The van der Waals surface area contributed by atoms with E-state index in [1.165, 1.54) is 17.3 Å². The number of halogens is 1. The van der Waals surface area contributed by atoms with Crippen LogP contribution in [0.1, 0.15) is 38.8 Å². The SMILES string of the molecule is CC(C)N=C1Cc2cc(S(=O)(=O)Cl)ccc2N1.CC(C)N=C1Cc2ccccc2N1. The van der Waals surface area contributed by atoms with Gasteiger partial charge in [-0.05, 0) is 63.1 Å². The molecule has 2 aromatic carbocycles. The summed E-state index contributed by atoms with van der Waals surface area (Å²) < 4.78 is 22.4. The van der Waals surface area contributed by atoms with E-state index in [0.29, 0.717) is 12.5 Å². The maximum atomic E-state index is 11.2. The quantitative estimate of drug-likeness (QED) is 0.660. The smallest absolute Gasteiger partial charge is 0.261 e. The number of rotatable bonds is 3. The molecule has 160 valence electrons. The fourth-order valence-corrected chi connectivity index (χ4v) is 4.13. The molecule has 2 aliphatic rings. The number of para-hydroxylation sites is 1. The van der Waals surface area contributed by atoms with Crippen molar-refractivity contribution in [1.29, 1.82) is 0 Å². The molecule has 4 rings (SSSR count). The van der Waals surface area contributed by atoms with Gasteiger partial charge in [-0.1, -0.05) is 18.2 Å². The largest absolute Gasteiger partial charge is 0.344 e. The number of anilines is 2. The van der Waals surface area contributed by atoms with E-state index in [4.69, 9.17) is 10.7 Å². The Balaban J connectivity index is 0.000000177. The molecule has 8 heteroatoms. The van der Waals surface area contributed by atoms with Crippen molar-refractivity contribution in [2.75, 3.05) is 10.6 Å².